The number of likely N-dealkylation sites (tertiary alicyclic amines) is 1. The molecule has 2 saturated heterocycles. The molecule has 2 bridgehead atoms. The van der Waals surface area contributed by atoms with E-state index in [-0.39, 0.29) is 18.2 Å². The van der Waals surface area contributed by atoms with E-state index < -0.39 is 5.60 Å². The van der Waals surface area contributed by atoms with Gasteiger partial charge in [0.25, 0.3) is 0 Å². The number of fused-ring (bicyclic) bond motifs is 4. The maximum absolute atomic E-state index is 12.8. The van der Waals surface area contributed by atoms with Crippen LogP contribution in [0.1, 0.15) is 39.2 Å². The van der Waals surface area contributed by atoms with Gasteiger partial charge in [-0.25, -0.2) is 29.2 Å². The molecular weight excluding hydrogens is 546 g/mol. The normalized spacial score (nSPS) is 18.3. The van der Waals surface area contributed by atoms with Crippen LogP contribution in [0.2, 0.25) is 0 Å². The lowest BCUT2D eigenvalue weighted by molar-refractivity contribution is 0.0209. The third kappa shape index (κ3) is 5.36. The van der Waals surface area contributed by atoms with Crippen molar-refractivity contribution in [2.24, 2.45) is 0 Å². The molecule has 5 aromatic rings. The van der Waals surface area contributed by atoms with Gasteiger partial charge in [0.15, 0.2) is 11.5 Å². The summed E-state index contributed by atoms with van der Waals surface area (Å²) < 4.78 is 13.5. The molecule has 2 aliphatic rings. The predicted octanol–water partition coefficient (Wildman–Crippen LogP) is 5.50. The van der Waals surface area contributed by atoms with Crippen LogP contribution in [0.25, 0.3) is 16.7 Å². The topological polar surface area (TPSA) is 123 Å². The molecule has 220 valence electrons. The highest BCUT2D eigenvalue weighted by Gasteiger charge is 2.43. The second-order valence-corrected chi connectivity index (χ2v) is 12.1. The average molecular weight is 580 g/mol. The Morgan fingerprint density at radius 3 is 2.56 bits per heavy atom. The van der Waals surface area contributed by atoms with Crippen LogP contribution in [-0.4, -0.2) is 71.3 Å². The molecule has 1 amide bonds. The highest BCUT2D eigenvalue weighted by molar-refractivity contribution is 5.88. The highest BCUT2D eigenvalue weighted by Crippen LogP contribution is 2.36. The molecule has 2 fully saturated rings. The van der Waals surface area contributed by atoms with Gasteiger partial charge in [0.1, 0.15) is 41.1 Å². The fourth-order valence-electron chi connectivity index (χ4n) is 5.88. The predicted molar refractivity (Wildman–Crippen MR) is 162 cm³/mol. The van der Waals surface area contributed by atoms with Crippen molar-refractivity contribution in [3.63, 3.8) is 0 Å². The van der Waals surface area contributed by atoms with E-state index in [1.165, 1.54) is 6.33 Å². The average Bonchev–Trinajstić information content (AvgIpc) is 3.54. The fraction of sp³-hybridized carbons (Fsp3) is 0.355. The first kappa shape index (κ1) is 26.9. The lowest BCUT2D eigenvalue weighted by Crippen LogP contribution is -2.56. The minimum atomic E-state index is -0.518. The molecule has 2 aliphatic heterocycles. The minimum absolute atomic E-state index is 0.179. The number of nitrogens with zero attached hydrogens (tertiary/aromatic N) is 8. The van der Waals surface area contributed by atoms with E-state index in [0.717, 1.165) is 41.2 Å². The third-order valence-corrected chi connectivity index (χ3v) is 7.78. The van der Waals surface area contributed by atoms with Crippen molar-refractivity contribution in [2.75, 3.05) is 23.3 Å². The molecule has 0 aliphatic carbocycles. The van der Waals surface area contributed by atoms with Gasteiger partial charge in [0.05, 0.1) is 5.52 Å². The van der Waals surface area contributed by atoms with Gasteiger partial charge < -0.3 is 24.6 Å². The Morgan fingerprint density at radius 1 is 0.977 bits per heavy atom. The van der Waals surface area contributed by atoms with Gasteiger partial charge >= 0.3 is 6.09 Å². The Labute approximate surface area is 248 Å². The molecule has 1 aromatic carbocycles. The Balaban J connectivity index is 1.10. The largest absolute Gasteiger partial charge is 0.457 e. The highest BCUT2D eigenvalue weighted by atomic mass is 16.6. The number of rotatable bonds is 5. The number of benzene rings is 1. The zero-order valence-electron chi connectivity index (χ0n) is 24.6. The van der Waals surface area contributed by atoms with E-state index in [0.29, 0.717) is 35.8 Å². The lowest BCUT2D eigenvalue weighted by Gasteiger charge is -2.42. The summed E-state index contributed by atoms with van der Waals surface area (Å²) in [6.45, 7) is 8.91. The fourth-order valence-corrected chi connectivity index (χ4v) is 5.88. The first-order valence-electron chi connectivity index (χ1n) is 14.4. The molecule has 4 aromatic heterocycles. The Hall–Kier alpha value is -5.00. The van der Waals surface area contributed by atoms with Crippen molar-refractivity contribution in [1.82, 2.24) is 34.4 Å². The minimum Gasteiger partial charge on any atom is -0.457 e. The number of hydrogen-bond acceptors (Lipinski definition) is 10. The van der Waals surface area contributed by atoms with Crippen molar-refractivity contribution in [3.8, 4) is 11.5 Å². The van der Waals surface area contributed by atoms with Crippen LogP contribution in [-0.2, 0) is 4.74 Å². The van der Waals surface area contributed by atoms with Gasteiger partial charge in [0, 0.05) is 43.1 Å². The molecule has 0 spiro atoms. The Morgan fingerprint density at radius 2 is 1.79 bits per heavy atom. The van der Waals surface area contributed by atoms with Crippen LogP contribution in [0.15, 0.2) is 61.3 Å². The molecule has 6 heterocycles. The van der Waals surface area contributed by atoms with Gasteiger partial charge in [-0.1, -0.05) is 0 Å². The number of carbonyl (C=O) groups excluding carboxylic acids is 1. The van der Waals surface area contributed by atoms with E-state index in [2.05, 4.69) is 30.3 Å². The van der Waals surface area contributed by atoms with E-state index in [1.54, 1.807) is 10.8 Å². The van der Waals surface area contributed by atoms with Gasteiger partial charge in [-0.15, -0.1) is 0 Å². The molecule has 0 radical (unpaired) electrons. The monoisotopic (exact) mass is 579 g/mol. The number of carbonyl (C=O) groups is 1. The SMILES string of the molecule is Cc1cc(Nc2ncnc3ccc(N4C5CCC4CN(C(=O)OC(C)(C)C)C5)nc23)ccc1Oc1ccn2ncnc2c1. The van der Waals surface area contributed by atoms with Crippen molar-refractivity contribution < 1.29 is 14.3 Å². The van der Waals surface area contributed by atoms with Gasteiger partial charge in [-0.2, -0.15) is 5.10 Å². The number of ether oxygens (including phenoxy) is 2. The number of piperazine rings is 1. The molecule has 1 N–H and O–H groups in total. The summed E-state index contributed by atoms with van der Waals surface area (Å²) in [5.74, 6) is 2.91. The second kappa shape index (κ2) is 10.4. The lowest BCUT2D eigenvalue weighted by atomic mass is 10.1. The number of pyridine rings is 2. The summed E-state index contributed by atoms with van der Waals surface area (Å²) >= 11 is 0. The van der Waals surface area contributed by atoms with Crippen LogP contribution in [0.5, 0.6) is 11.5 Å². The first-order chi connectivity index (χ1) is 20.7. The molecule has 0 saturated carbocycles. The molecule has 43 heavy (non-hydrogen) atoms. The molecule has 12 nitrogen and oxygen atoms in total. The maximum Gasteiger partial charge on any atom is 0.410 e. The van der Waals surface area contributed by atoms with Crippen molar-refractivity contribution in [2.45, 2.75) is 58.2 Å². The summed E-state index contributed by atoms with van der Waals surface area (Å²) in [5, 5.41) is 7.56. The van der Waals surface area contributed by atoms with Crippen LogP contribution in [0, 0.1) is 6.92 Å². The number of aryl methyl sites for hydroxylation is 1. The summed E-state index contributed by atoms with van der Waals surface area (Å²) in [6, 6.07) is 13.9. The number of anilines is 3. The standard InChI is InChI=1S/C31H33N9O3/c1-19-13-20(5-9-25(19)42-23-11-12-39-27(14-23)33-18-35-39)36-29-28-24(32-17-34-29)8-10-26(37-28)40-21-6-7-22(40)16-38(15-21)30(41)43-31(2,3)4/h5,8-14,17-18,21-22H,6-7,15-16H2,1-4H3,(H,32,34,36). The van der Waals surface area contributed by atoms with E-state index >= 15 is 0 Å². The van der Waals surface area contributed by atoms with Crippen LogP contribution in [0.3, 0.4) is 0 Å². The van der Waals surface area contributed by atoms with E-state index in [1.807, 2.05) is 81.3 Å². The zero-order chi connectivity index (χ0) is 29.7. The maximum atomic E-state index is 12.8. The van der Waals surface area contributed by atoms with Gasteiger partial charge in [-0.3, -0.25) is 0 Å². The molecular formula is C31H33N9O3. The number of amides is 1. The smallest absolute Gasteiger partial charge is 0.410 e. The van der Waals surface area contributed by atoms with Crippen LogP contribution >= 0.6 is 0 Å². The second-order valence-electron chi connectivity index (χ2n) is 12.1. The number of aromatic nitrogens is 6. The Bertz CT molecular complexity index is 1820. The van der Waals surface area contributed by atoms with Crippen molar-refractivity contribution in [3.05, 3.63) is 66.9 Å². The quantitative estimate of drug-likeness (QED) is 0.285. The molecule has 12 heteroatoms. The van der Waals surface area contributed by atoms with Gasteiger partial charge in [-0.05, 0) is 82.5 Å². The number of hydrogen-bond donors (Lipinski definition) is 1. The van der Waals surface area contributed by atoms with Crippen molar-refractivity contribution in [1.29, 1.82) is 0 Å². The van der Waals surface area contributed by atoms with Gasteiger partial charge in [0.2, 0.25) is 0 Å². The molecule has 2 atom stereocenters. The summed E-state index contributed by atoms with van der Waals surface area (Å²) in [7, 11) is 0. The van der Waals surface area contributed by atoms with E-state index in [4.69, 9.17) is 14.5 Å². The zero-order valence-corrected chi connectivity index (χ0v) is 24.6. The summed E-state index contributed by atoms with van der Waals surface area (Å²) in [4.78, 5) is 35.2. The summed E-state index contributed by atoms with van der Waals surface area (Å²) in [5.41, 5.74) is 3.45. The first-order valence-corrected chi connectivity index (χ1v) is 14.4. The number of nitrogens with one attached hydrogen (secondary N) is 1. The van der Waals surface area contributed by atoms with Crippen molar-refractivity contribution >= 4 is 40.1 Å². The Kier molecular flexibility index (Phi) is 6.48. The molecule has 7 rings (SSSR count). The third-order valence-electron chi connectivity index (χ3n) is 7.78. The van der Waals surface area contributed by atoms with E-state index in [9.17, 15) is 4.79 Å². The molecule has 2 unspecified atom stereocenters. The summed E-state index contributed by atoms with van der Waals surface area (Å²) in [6.07, 6.45) is 6.62. The van der Waals surface area contributed by atoms with Crippen LogP contribution in [0.4, 0.5) is 22.1 Å². The van der Waals surface area contributed by atoms with Crippen LogP contribution < -0.4 is 15.0 Å².